The molecule has 0 fully saturated rings. The fourth-order valence-electron chi connectivity index (χ4n) is 2.46. The maximum atomic E-state index is 12.2. The Labute approximate surface area is 165 Å². The van der Waals surface area contributed by atoms with Gasteiger partial charge < -0.3 is 10.1 Å². The minimum atomic E-state index is -0.550. The van der Waals surface area contributed by atoms with Crippen LogP contribution in [0.5, 0.6) is 5.75 Å². The van der Waals surface area contributed by atoms with Crippen LogP contribution in [0.3, 0.4) is 0 Å². The topological polar surface area (TPSA) is 110 Å². The van der Waals surface area contributed by atoms with Crippen LogP contribution in [0.25, 0.3) is 0 Å². The van der Waals surface area contributed by atoms with Gasteiger partial charge in [0.1, 0.15) is 11.4 Å². The number of aryl methyl sites for hydroxylation is 1. The zero-order chi connectivity index (χ0) is 20.3. The van der Waals surface area contributed by atoms with E-state index in [9.17, 15) is 9.59 Å². The van der Waals surface area contributed by atoms with Crippen molar-refractivity contribution in [2.75, 3.05) is 18.2 Å². The van der Waals surface area contributed by atoms with Gasteiger partial charge in [-0.05, 0) is 38.1 Å². The molecule has 2 amide bonds. The lowest BCUT2D eigenvalue weighted by Crippen LogP contribution is -2.18. The first kappa shape index (κ1) is 19.5. The van der Waals surface area contributed by atoms with Gasteiger partial charge in [0.2, 0.25) is 5.91 Å². The van der Waals surface area contributed by atoms with Crippen molar-refractivity contribution >= 4 is 35.2 Å². The Hall–Kier alpha value is -3.27. The lowest BCUT2D eigenvalue weighted by atomic mass is 10.3. The van der Waals surface area contributed by atoms with Crippen molar-refractivity contribution in [3.63, 3.8) is 0 Å². The van der Waals surface area contributed by atoms with Crippen LogP contribution in [-0.4, -0.2) is 40.4 Å². The summed E-state index contributed by atoms with van der Waals surface area (Å²) in [4.78, 5) is 28.6. The molecule has 0 radical (unpaired) electrons. The van der Waals surface area contributed by atoms with Gasteiger partial charge in [0.15, 0.2) is 0 Å². The number of rotatable bonds is 5. The van der Waals surface area contributed by atoms with Crippen LogP contribution >= 0.6 is 11.8 Å². The normalized spacial score (nSPS) is 13.5. The molecule has 3 rings (SSSR count). The largest absolute Gasteiger partial charge is 0.497 e. The summed E-state index contributed by atoms with van der Waals surface area (Å²) in [6.07, 6.45) is 0. The number of hydrogen-bond acceptors (Lipinski definition) is 7. The summed E-state index contributed by atoms with van der Waals surface area (Å²) in [6.45, 7) is 7.09. The third kappa shape index (κ3) is 4.17. The van der Waals surface area contributed by atoms with Crippen molar-refractivity contribution in [3.8, 4) is 5.75 Å². The fraction of sp³-hybridized carbons (Fsp3) is 0.222. The van der Waals surface area contributed by atoms with Gasteiger partial charge in [-0.1, -0.05) is 6.58 Å². The second kappa shape index (κ2) is 8.17. The number of aliphatic imine (C=N–C) groups is 1. The molecule has 28 heavy (non-hydrogen) atoms. The first-order valence-electron chi connectivity index (χ1n) is 8.26. The lowest BCUT2D eigenvalue weighted by molar-refractivity contribution is -0.115. The molecule has 1 aliphatic heterocycles. The van der Waals surface area contributed by atoms with Crippen LogP contribution in [0, 0.1) is 13.8 Å². The highest BCUT2D eigenvalue weighted by molar-refractivity contribution is 8.00. The number of thioether (sulfide) groups is 1. The molecule has 2 aromatic rings. The van der Waals surface area contributed by atoms with E-state index in [0.29, 0.717) is 11.4 Å². The standard InChI is InChI=1S/C18H18N6O3S/c1-10-16(12(3)24(23-10)18-20-17(26)11(2)21-22-18)28-9-15(25)19-13-5-7-14(27-4)8-6-13/h5-8H,2,9H2,1,3-4H3,(H,19,25). The summed E-state index contributed by atoms with van der Waals surface area (Å²) in [7, 11) is 1.58. The Morgan fingerprint density at radius 1 is 1.25 bits per heavy atom. The van der Waals surface area contributed by atoms with Crippen LogP contribution in [0.2, 0.25) is 0 Å². The fourth-order valence-corrected chi connectivity index (χ4v) is 3.35. The van der Waals surface area contributed by atoms with E-state index < -0.39 is 5.91 Å². The Bertz CT molecular complexity index is 1010. The average Bonchev–Trinajstić information content (AvgIpc) is 2.97. The molecule has 0 aliphatic carbocycles. The van der Waals surface area contributed by atoms with Crippen molar-refractivity contribution in [2.45, 2.75) is 18.7 Å². The number of carbonyl (C=O) groups excluding carboxylic acids is 2. The highest BCUT2D eigenvalue weighted by Gasteiger charge is 2.20. The van der Waals surface area contributed by atoms with E-state index in [0.717, 1.165) is 16.3 Å². The summed E-state index contributed by atoms with van der Waals surface area (Å²) < 4.78 is 6.53. The van der Waals surface area contributed by atoms with Gasteiger partial charge in [-0.2, -0.15) is 10.1 Å². The van der Waals surface area contributed by atoms with Crippen molar-refractivity contribution in [2.24, 2.45) is 15.2 Å². The maximum absolute atomic E-state index is 12.2. The minimum Gasteiger partial charge on any atom is -0.497 e. The van der Waals surface area contributed by atoms with E-state index >= 15 is 0 Å². The molecule has 0 saturated carbocycles. The molecule has 0 unspecified atom stereocenters. The number of aromatic nitrogens is 2. The lowest BCUT2D eigenvalue weighted by Gasteiger charge is -2.07. The van der Waals surface area contributed by atoms with Crippen LogP contribution < -0.4 is 10.1 Å². The number of azo groups is 1. The van der Waals surface area contributed by atoms with E-state index in [1.54, 1.807) is 31.4 Å². The molecular weight excluding hydrogens is 380 g/mol. The molecule has 1 aromatic heterocycles. The summed E-state index contributed by atoms with van der Waals surface area (Å²) in [5.74, 6) is 0.292. The van der Waals surface area contributed by atoms with Gasteiger partial charge in [-0.15, -0.1) is 22.0 Å². The second-order valence-corrected chi connectivity index (χ2v) is 6.83. The quantitative estimate of drug-likeness (QED) is 0.615. The molecule has 10 heteroatoms. The third-order valence-corrected chi connectivity index (χ3v) is 5.13. The highest BCUT2D eigenvalue weighted by atomic mass is 32.2. The van der Waals surface area contributed by atoms with Gasteiger partial charge in [0.05, 0.1) is 29.1 Å². The van der Waals surface area contributed by atoms with Gasteiger partial charge in [-0.25, -0.2) is 4.68 Å². The van der Waals surface area contributed by atoms with E-state index in [2.05, 4.69) is 32.2 Å². The van der Waals surface area contributed by atoms with Gasteiger partial charge in [0.25, 0.3) is 11.9 Å². The number of amides is 2. The zero-order valence-electron chi connectivity index (χ0n) is 15.6. The number of benzene rings is 1. The van der Waals surface area contributed by atoms with Crippen LogP contribution in [-0.2, 0) is 9.59 Å². The van der Waals surface area contributed by atoms with Crippen LogP contribution in [0.1, 0.15) is 11.4 Å². The van der Waals surface area contributed by atoms with E-state index in [-0.39, 0.29) is 23.3 Å². The summed E-state index contributed by atoms with van der Waals surface area (Å²) in [5.41, 5.74) is 2.09. The summed E-state index contributed by atoms with van der Waals surface area (Å²) >= 11 is 1.35. The highest BCUT2D eigenvalue weighted by Crippen LogP contribution is 2.27. The Kier molecular flexibility index (Phi) is 5.69. The van der Waals surface area contributed by atoms with Crippen molar-refractivity contribution in [3.05, 3.63) is 47.9 Å². The summed E-state index contributed by atoms with van der Waals surface area (Å²) in [6, 6.07) is 7.09. The Morgan fingerprint density at radius 2 is 1.96 bits per heavy atom. The van der Waals surface area contributed by atoms with Gasteiger partial charge in [-0.3, -0.25) is 9.59 Å². The SMILES string of the molecule is C=C1N=NC(n2nc(C)c(SCC(=O)Nc3ccc(OC)cc3)c2C)=NC1=O. The molecular formula is C18H18N6O3S. The summed E-state index contributed by atoms with van der Waals surface area (Å²) in [5, 5.41) is 14.7. The number of methoxy groups -OCH3 is 1. The zero-order valence-corrected chi connectivity index (χ0v) is 16.4. The first-order chi connectivity index (χ1) is 13.4. The molecule has 0 saturated heterocycles. The average molecular weight is 398 g/mol. The monoisotopic (exact) mass is 398 g/mol. The molecule has 1 aliphatic rings. The van der Waals surface area contributed by atoms with Crippen molar-refractivity contribution in [1.29, 1.82) is 0 Å². The van der Waals surface area contributed by atoms with Gasteiger partial charge >= 0.3 is 0 Å². The first-order valence-corrected chi connectivity index (χ1v) is 9.24. The predicted octanol–water partition coefficient (Wildman–Crippen LogP) is 2.95. The molecule has 2 heterocycles. The van der Waals surface area contributed by atoms with Gasteiger partial charge in [0, 0.05) is 5.69 Å². The Morgan fingerprint density at radius 3 is 2.61 bits per heavy atom. The number of hydrogen-bond donors (Lipinski definition) is 1. The van der Waals surface area contributed by atoms with Crippen LogP contribution in [0.15, 0.2) is 56.7 Å². The molecule has 144 valence electrons. The number of carbonyl (C=O) groups is 2. The maximum Gasteiger partial charge on any atom is 0.300 e. The number of ether oxygens (including phenoxy) is 1. The third-order valence-electron chi connectivity index (χ3n) is 3.84. The molecule has 0 atom stereocenters. The molecule has 0 spiro atoms. The molecule has 9 nitrogen and oxygen atoms in total. The number of nitrogens with zero attached hydrogens (tertiary/aromatic N) is 5. The Balaban J connectivity index is 1.68. The number of anilines is 1. The molecule has 1 aromatic carbocycles. The van der Waals surface area contributed by atoms with Crippen molar-refractivity contribution < 1.29 is 14.3 Å². The molecule has 0 bridgehead atoms. The number of nitrogens with one attached hydrogen (secondary N) is 1. The van der Waals surface area contributed by atoms with E-state index in [1.807, 2.05) is 13.8 Å². The van der Waals surface area contributed by atoms with E-state index in [1.165, 1.54) is 16.4 Å². The van der Waals surface area contributed by atoms with Crippen LogP contribution in [0.4, 0.5) is 5.69 Å². The van der Waals surface area contributed by atoms with Crippen molar-refractivity contribution in [1.82, 2.24) is 9.78 Å². The predicted molar refractivity (Wildman–Crippen MR) is 106 cm³/mol. The minimum absolute atomic E-state index is 0.0184. The smallest absolute Gasteiger partial charge is 0.300 e. The molecule has 1 N–H and O–H groups in total. The van der Waals surface area contributed by atoms with E-state index in [4.69, 9.17) is 4.74 Å². The second-order valence-electron chi connectivity index (χ2n) is 5.84.